The second-order valence-electron chi connectivity index (χ2n) is 8.37. The molecule has 0 amide bonds. The molecule has 0 bridgehead atoms. The van der Waals surface area contributed by atoms with Gasteiger partial charge >= 0.3 is 5.97 Å². The summed E-state index contributed by atoms with van der Waals surface area (Å²) in [6.45, 7) is 17.6. The van der Waals surface area contributed by atoms with Gasteiger partial charge in [-0.2, -0.15) is 0 Å². The van der Waals surface area contributed by atoms with E-state index in [1.54, 1.807) is 6.92 Å². The number of hydrogen-bond donors (Lipinski definition) is 0. The Kier molecular flexibility index (Phi) is 5.25. The van der Waals surface area contributed by atoms with E-state index in [9.17, 15) is 4.79 Å². The van der Waals surface area contributed by atoms with Gasteiger partial charge in [-0.05, 0) is 31.0 Å². The molecule has 0 aromatic carbocycles. The van der Waals surface area contributed by atoms with Gasteiger partial charge in [0.05, 0.1) is 12.6 Å². The second-order valence-corrected chi connectivity index (χ2v) is 13.1. The largest absolute Gasteiger partial charge is 0.460 e. The van der Waals surface area contributed by atoms with E-state index in [0.29, 0.717) is 12.5 Å². The van der Waals surface area contributed by atoms with Gasteiger partial charge in [-0.1, -0.05) is 34.6 Å². The first-order chi connectivity index (χ1) is 11.0. The summed E-state index contributed by atoms with van der Waals surface area (Å²) in [7, 11) is -1.93. The molecule has 0 radical (unpaired) electrons. The van der Waals surface area contributed by atoms with Gasteiger partial charge in [-0.25, -0.2) is 14.5 Å². The van der Waals surface area contributed by atoms with Crippen LogP contribution in [-0.2, 0) is 9.16 Å². The quantitative estimate of drug-likeness (QED) is 0.588. The summed E-state index contributed by atoms with van der Waals surface area (Å²) in [5.41, 5.74) is 0. The lowest BCUT2D eigenvalue weighted by Gasteiger charge is -2.38. The first-order valence-corrected chi connectivity index (χ1v) is 11.7. The van der Waals surface area contributed by atoms with Gasteiger partial charge in [0.25, 0.3) is 5.82 Å². The van der Waals surface area contributed by atoms with Crippen molar-refractivity contribution in [3.63, 3.8) is 0 Å². The number of aromatic nitrogens is 3. The number of ether oxygens (including phenoxy) is 1. The average molecular weight is 354 g/mol. The van der Waals surface area contributed by atoms with Crippen LogP contribution >= 0.6 is 0 Å². The smallest absolute Gasteiger partial charge is 0.378 e. The molecule has 136 valence electrons. The van der Waals surface area contributed by atoms with Crippen LogP contribution < -0.4 is 0 Å². The fraction of sp³-hybridized carbons (Fsp3) is 0.824. The number of hydrogen-bond acceptors (Lipinski definition) is 5. The molecule has 2 heterocycles. The fourth-order valence-corrected chi connectivity index (χ4v) is 3.96. The fourth-order valence-electron chi connectivity index (χ4n) is 2.69. The normalized spacial score (nSPS) is 21.2. The van der Waals surface area contributed by atoms with Crippen molar-refractivity contribution in [2.75, 3.05) is 6.61 Å². The molecule has 2 rings (SSSR count). The third-order valence-electron chi connectivity index (χ3n) is 5.19. The maximum Gasteiger partial charge on any atom is 0.378 e. The summed E-state index contributed by atoms with van der Waals surface area (Å²) in [6, 6.07) is 0.199. The Bertz CT molecular complexity index is 605. The Morgan fingerprint density at radius 2 is 2.00 bits per heavy atom. The van der Waals surface area contributed by atoms with Crippen LogP contribution in [-0.4, -0.2) is 35.7 Å². The van der Waals surface area contributed by atoms with Crippen LogP contribution in [0.4, 0.5) is 0 Å². The van der Waals surface area contributed by atoms with Crippen LogP contribution in [0.2, 0.25) is 18.1 Å². The van der Waals surface area contributed by atoms with Crippen molar-refractivity contribution in [1.29, 1.82) is 0 Å². The number of carbonyl (C=O) groups excluding carboxylic acids is 1. The topological polar surface area (TPSA) is 66.2 Å². The Morgan fingerprint density at radius 1 is 1.38 bits per heavy atom. The monoisotopic (exact) mass is 353 g/mol. The molecule has 1 aliphatic heterocycles. The van der Waals surface area contributed by atoms with Gasteiger partial charge < -0.3 is 9.16 Å². The molecule has 0 saturated heterocycles. The van der Waals surface area contributed by atoms with Crippen molar-refractivity contribution in [1.82, 2.24) is 14.8 Å². The van der Waals surface area contributed by atoms with E-state index in [2.05, 4.69) is 57.8 Å². The minimum Gasteiger partial charge on any atom is -0.460 e. The molecule has 6 nitrogen and oxygen atoms in total. The molecule has 0 N–H and O–H groups in total. The van der Waals surface area contributed by atoms with E-state index < -0.39 is 14.3 Å². The lowest BCUT2D eigenvalue weighted by atomic mass is 10.0. The third kappa shape index (κ3) is 3.56. The zero-order valence-corrected chi connectivity index (χ0v) is 17.2. The van der Waals surface area contributed by atoms with Crippen LogP contribution in [0.5, 0.6) is 0 Å². The Hall–Kier alpha value is -1.21. The second kappa shape index (κ2) is 6.59. The van der Waals surface area contributed by atoms with Crippen molar-refractivity contribution in [3.8, 4) is 0 Å². The van der Waals surface area contributed by atoms with Gasteiger partial charge in [-0.15, -0.1) is 5.10 Å². The van der Waals surface area contributed by atoms with Crippen LogP contribution in [0.15, 0.2) is 0 Å². The van der Waals surface area contributed by atoms with Crippen LogP contribution in [0.3, 0.4) is 0 Å². The molecule has 1 aromatic rings. The predicted octanol–water partition coefficient (Wildman–Crippen LogP) is 4.12. The van der Waals surface area contributed by atoms with Crippen molar-refractivity contribution in [2.24, 2.45) is 5.92 Å². The minimum atomic E-state index is -1.93. The first-order valence-electron chi connectivity index (χ1n) is 8.79. The lowest BCUT2D eigenvalue weighted by Crippen LogP contribution is -2.41. The standard InChI is InChI=1S/C17H31N3O3Si/c1-9-22-16(21)14-18-15-13(23-24(7,8)17(4,5)6)10-12(11(2)3)20(15)19-14/h11-13H,9-10H2,1-8H3. The van der Waals surface area contributed by atoms with Gasteiger partial charge in [0.1, 0.15) is 6.10 Å². The van der Waals surface area contributed by atoms with Crippen molar-refractivity contribution < 1.29 is 14.0 Å². The van der Waals surface area contributed by atoms with Crippen LogP contribution in [0, 0.1) is 5.92 Å². The summed E-state index contributed by atoms with van der Waals surface area (Å²) in [4.78, 5) is 16.4. The highest BCUT2D eigenvalue weighted by Gasteiger charge is 2.44. The van der Waals surface area contributed by atoms with E-state index in [0.717, 1.165) is 12.2 Å². The Balaban J connectivity index is 2.33. The molecular formula is C17H31N3O3Si. The number of nitrogens with zero attached hydrogens (tertiary/aromatic N) is 3. The molecule has 0 fully saturated rings. The molecular weight excluding hydrogens is 322 g/mol. The zero-order valence-electron chi connectivity index (χ0n) is 16.2. The third-order valence-corrected chi connectivity index (χ3v) is 9.67. The Morgan fingerprint density at radius 3 is 2.50 bits per heavy atom. The highest BCUT2D eigenvalue weighted by Crippen LogP contribution is 2.45. The number of carbonyl (C=O) groups is 1. The van der Waals surface area contributed by atoms with Crippen LogP contribution in [0.25, 0.3) is 0 Å². The molecule has 1 aliphatic rings. The molecule has 0 spiro atoms. The first kappa shape index (κ1) is 19.1. The maximum absolute atomic E-state index is 12.0. The predicted molar refractivity (Wildman–Crippen MR) is 95.5 cm³/mol. The maximum atomic E-state index is 12.0. The highest BCUT2D eigenvalue weighted by atomic mass is 28.4. The molecule has 7 heteroatoms. The molecule has 0 aliphatic carbocycles. The summed E-state index contributed by atoms with van der Waals surface area (Å²) >= 11 is 0. The van der Waals surface area contributed by atoms with Crippen LogP contribution in [0.1, 0.15) is 76.6 Å². The molecule has 2 unspecified atom stereocenters. The van der Waals surface area contributed by atoms with Gasteiger partial charge in [0.15, 0.2) is 14.1 Å². The van der Waals surface area contributed by atoms with Gasteiger partial charge in [0.2, 0.25) is 0 Å². The molecule has 2 atom stereocenters. The van der Waals surface area contributed by atoms with Crippen molar-refractivity contribution >= 4 is 14.3 Å². The number of esters is 1. The van der Waals surface area contributed by atoms with Gasteiger partial charge in [0, 0.05) is 6.42 Å². The van der Waals surface area contributed by atoms with E-state index in [1.807, 2.05) is 4.68 Å². The minimum absolute atomic E-state index is 0.103. The van der Waals surface area contributed by atoms with E-state index in [1.165, 1.54) is 0 Å². The van der Waals surface area contributed by atoms with E-state index in [-0.39, 0.29) is 23.0 Å². The van der Waals surface area contributed by atoms with Crippen molar-refractivity contribution in [3.05, 3.63) is 11.6 Å². The number of rotatable bonds is 5. The zero-order chi connectivity index (χ0) is 18.3. The summed E-state index contributed by atoms with van der Waals surface area (Å²) in [5.74, 6) is 0.837. The SMILES string of the molecule is CCOC(=O)c1nc2n(n1)C(C(C)C)CC2O[Si](C)(C)C(C)(C)C. The van der Waals surface area contributed by atoms with Crippen molar-refractivity contribution in [2.45, 2.75) is 78.2 Å². The average Bonchev–Trinajstić information content (AvgIpc) is 2.98. The summed E-state index contributed by atoms with van der Waals surface area (Å²) in [5, 5.41) is 4.54. The molecule has 1 aromatic heterocycles. The summed E-state index contributed by atoms with van der Waals surface area (Å²) < 4.78 is 13.5. The summed E-state index contributed by atoms with van der Waals surface area (Å²) in [6.07, 6.45) is 0.761. The van der Waals surface area contributed by atoms with Gasteiger partial charge in [-0.3, -0.25) is 0 Å². The number of fused-ring (bicyclic) bond motifs is 1. The lowest BCUT2D eigenvalue weighted by molar-refractivity contribution is 0.0510. The molecule has 0 saturated carbocycles. The van der Waals surface area contributed by atoms with E-state index >= 15 is 0 Å². The highest BCUT2D eigenvalue weighted by molar-refractivity contribution is 6.74. The molecule has 24 heavy (non-hydrogen) atoms. The Labute approximate surface area is 146 Å². The van der Waals surface area contributed by atoms with E-state index in [4.69, 9.17) is 9.16 Å².